The quantitative estimate of drug-likeness (QED) is 0.687. The van der Waals surface area contributed by atoms with Crippen LogP contribution in [0.15, 0.2) is 34.6 Å². The molecule has 0 fully saturated rings. The van der Waals surface area contributed by atoms with E-state index in [-0.39, 0.29) is 5.69 Å². The second-order valence-electron chi connectivity index (χ2n) is 3.74. The molecule has 3 aromatic rings. The number of hydrogen-bond acceptors (Lipinski definition) is 4. The molecule has 0 bridgehead atoms. The van der Waals surface area contributed by atoms with Gasteiger partial charge in [0.05, 0.1) is 18.1 Å². The Morgan fingerprint density at radius 1 is 1.39 bits per heavy atom. The van der Waals surface area contributed by atoms with Gasteiger partial charge in [0.25, 0.3) is 0 Å². The maximum atomic E-state index is 12.0. The first-order valence-corrected chi connectivity index (χ1v) is 6.73. The summed E-state index contributed by atoms with van der Waals surface area (Å²) in [6.45, 7) is 0.377. The van der Waals surface area contributed by atoms with Gasteiger partial charge in [-0.3, -0.25) is 4.40 Å². The summed E-state index contributed by atoms with van der Waals surface area (Å²) in [6, 6.07) is 5.44. The van der Waals surface area contributed by atoms with Crippen LogP contribution in [0.25, 0.3) is 5.65 Å². The van der Waals surface area contributed by atoms with E-state index in [1.807, 2.05) is 11.4 Å². The molecule has 3 rings (SSSR count). The molecule has 0 aliphatic heterocycles. The minimum atomic E-state index is -0.159. The zero-order valence-electron chi connectivity index (χ0n) is 9.28. The average molecular weight is 281 g/mol. The fourth-order valence-electron chi connectivity index (χ4n) is 1.68. The summed E-state index contributed by atoms with van der Waals surface area (Å²) >= 11 is 7.18. The van der Waals surface area contributed by atoms with Gasteiger partial charge in [0, 0.05) is 11.6 Å². The number of halogens is 1. The van der Waals surface area contributed by atoms with Crippen molar-refractivity contribution in [3.05, 3.63) is 51.0 Å². The van der Waals surface area contributed by atoms with E-state index in [2.05, 4.69) is 10.1 Å². The molecule has 0 aromatic carbocycles. The molecule has 5 nitrogen and oxygen atoms in total. The summed E-state index contributed by atoms with van der Waals surface area (Å²) in [5, 5.41) is 6.97. The first-order chi connectivity index (χ1) is 8.78. The van der Waals surface area contributed by atoms with Crippen LogP contribution in [0.5, 0.6) is 0 Å². The Bertz CT molecular complexity index is 745. The highest BCUT2D eigenvalue weighted by Crippen LogP contribution is 2.12. The van der Waals surface area contributed by atoms with Gasteiger partial charge >= 0.3 is 5.69 Å². The number of fused-ring (bicyclic) bond motifs is 1. The van der Waals surface area contributed by atoms with Crippen LogP contribution in [0.2, 0.25) is 0 Å². The van der Waals surface area contributed by atoms with Crippen molar-refractivity contribution in [3.63, 3.8) is 0 Å². The number of rotatable bonds is 3. The largest absolute Gasteiger partial charge is 0.350 e. The summed E-state index contributed by atoms with van der Waals surface area (Å²) in [4.78, 5) is 16.3. The molecule has 0 aliphatic rings. The number of nitrogens with zero attached hydrogens (tertiary/aromatic N) is 4. The molecule has 0 unspecified atom stereocenters. The van der Waals surface area contributed by atoms with Gasteiger partial charge in [-0.2, -0.15) is 0 Å². The van der Waals surface area contributed by atoms with E-state index in [1.165, 1.54) is 20.4 Å². The van der Waals surface area contributed by atoms with Gasteiger partial charge in [-0.25, -0.2) is 14.5 Å². The van der Waals surface area contributed by atoms with Gasteiger partial charge in [0.15, 0.2) is 5.65 Å². The van der Waals surface area contributed by atoms with Crippen LogP contribution in [0.3, 0.4) is 0 Å². The second-order valence-corrected chi connectivity index (χ2v) is 4.95. The van der Waals surface area contributed by atoms with Crippen molar-refractivity contribution in [3.8, 4) is 0 Å². The van der Waals surface area contributed by atoms with Crippen molar-refractivity contribution in [1.82, 2.24) is 19.2 Å². The molecular formula is C11H9ClN4OS. The van der Waals surface area contributed by atoms with Crippen LogP contribution in [0.4, 0.5) is 0 Å². The van der Waals surface area contributed by atoms with Gasteiger partial charge in [-0.15, -0.1) is 28.0 Å². The Kier molecular flexibility index (Phi) is 2.89. The fourth-order valence-corrected chi connectivity index (χ4v) is 2.69. The number of thiazole rings is 1. The van der Waals surface area contributed by atoms with Crippen LogP contribution in [-0.4, -0.2) is 19.2 Å². The molecule has 0 amide bonds. The van der Waals surface area contributed by atoms with E-state index in [0.29, 0.717) is 18.1 Å². The van der Waals surface area contributed by atoms with Crippen molar-refractivity contribution >= 4 is 28.6 Å². The summed E-state index contributed by atoms with van der Waals surface area (Å²) in [6.07, 6.45) is 1.70. The van der Waals surface area contributed by atoms with Gasteiger partial charge in [-0.1, -0.05) is 6.07 Å². The van der Waals surface area contributed by atoms with E-state index in [9.17, 15) is 4.79 Å². The Morgan fingerprint density at radius 3 is 3.00 bits per heavy atom. The molecule has 0 spiro atoms. The van der Waals surface area contributed by atoms with Crippen molar-refractivity contribution in [2.75, 3.05) is 0 Å². The highest BCUT2D eigenvalue weighted by Gasteiger charge is 2.08. The third kappa shape index (κ3) is 1.93. The zero-order valence-corrected chi connectivity index (χ0v) is 10.9. The number of aromatic nitrogens is 4. The Morgan fingerprint density at radius 2 is 2.28 bits per heavy atom. The van der Waals surface area contributed by atoms with Crippen LogP contribution in [-0.2, 0) is 12.4 Å². The fraction of sp³-hybridized carbons (Fsp3) is 0.182. The summed E-state index contributed by atoms with van der Waals surface area (Å²) < 4.78 is 2.92. The van der Waals surface area contributed by atoms with Crippen LogP contribution in [0, 0.1) is 0 Å². The van der Waals surface area contributed by atoms with Gasteiger partial charge < -0.3 is 0 Å². The SMILES string of the molecule is O=c1n(Cc2nc(CCl)cs2)nc2ccccn12. The third-order valence-corrected chi connectivity index (χ3v) is 3.67. The van der Waals surface area contributed by atoms with Crippen molar-refractivity contribution < 1.29 is 0 Å². The number of hydrogen-bond donors (Lipinski definition) is 0. The van der Waals surface area contributed by atoms with E-state index in [0.717, 1.165) is 10.7 Å². The molecule has 3 aromatic heterocycles. The van der Waals surface area contributed by atoms with Crippen molar-refractivity contribution in [2.24, 2.45) is 0 Å². The topological polar surface area (TPSA) is 52.2 Å². The lowest BCUT2D eigenvalue weighted by Crippen LogP contribution is -2.21. The Labute approximate surface area is 111 Å². The highest BCUT2D eigenvalue weighted by atomic mass is 35.5. The van der Waals surface area contributed by atoms with E-state index < -0.39 is 0 Å². The summed E-state index contributed by atoms with van der Waals surface area (Å²) in [7, 11) is 0. The standard InChI is InChI=1S/C11H9ClN4OS/c12-5-8-7-18-10(13-8)6-16-11(17)15-4-2-1-3-9(15)14-16/h1-4,7H,5-6H2. The second kappa shape index (κ2) is 4.55. The molecular weight excluding hydrogens is 272 g/mol. The molecule has 92 valence electrons. The lowest BCUT2D eigenvalue weighted by molar-refractivity contribution is 0.654. The van der Waals surface area contributed by atoms with Gasteiger partial charge in [0.1, 0.15) is 5.01 Å². The minimum absolute atomic E-state index is 0.159. The highest BCUT2D eigenvalue weighted by molar-refractivity contribution is 7.09. The molecule has 0 atom stereocenters. The van der Waals surface area contributed by atoms with E-state index in [1.54, 1.807) is 18.3 Å². The lowest BCUT2D eigenvalue weighted by atomic mass is 10.5. The zero-order chi connectivity index (χ0) is 12.5. The summed E-state index contributed by atoms with van der Waals surface area (Å²) in [5.41, 5.74) is 1.30. The third-order valence-electron chi connectivity index (χ3n) is 2.51. The number of pyridine rings is 1. The predicted molar refractivity (Wildman–Crippen MR) is 70.2 cm³/mol. The first-order valence-electron chi connectivity index (χ1n) is 5.31. The van der Waals surface area contributed by atoms with Crippen molar-refractivity contribution in [2.45, 2.75) is 12.4 Å². The molecule has 18 heavy (non-hydrogen) atoms. The average Bonchev–Trinajstić information content (AvgIpc) is 2.97. The van der Waals surface area contributed by atoms with Crippen LogP contribution < -0.4 is 5.69 Å². The minimum Gasteiger partial charge on any atom is -0.250 e. The Balaban J connectivity index is 1.99. The van der Waals surface area contributed by atoms with E-state index >= 15 is 0 Å². The van der Waals surface area contributed by atoms with E-state index in [4.69, 9.17) is 11.6 Å². The molecule has 3 heterocycles. The predicted octanol–water partition coefficient (Wildman–Crippen LogP) is 1.74. The number of alkyl halides is 1. The van der Waals surface area contributed by atoms with Crippen LogP contribution >= 0.6 is 22.9 Å². The lowest BCUT2D eigenvalue weighted by Gasteiger charge is -1.93. The van der Waals surface area contributed by atoms with Gasteiger partial charge in [0.2, 0.25) is 0 Å². The van der Waals surface area contributed by atoms with Crippen molar-refractivity contribution in [1.29, 1.82) is 0 Å². The molecule has 7 heteroatoms. The smallest absolute Gasteiger partial charge is 0.250 e. The summed E-state index contributed by atoms with van der Waals surface area (Å²) in [5.74, 6) is 0.385. The normalized spacial score (nSPS) is 11.2. The Hall–Kier alpha value is -1.66. The maximum Gasteiger partial charge on any atom is 0.350 e. The molecule has 0 aliphatic carbocycles. The van der Waals surface area contributed by atoms with Gasteiger partial charge in [-0.05, 0) is 12.1 Å². The maximum absolute atomic E-state index is 12.0. The molecule has 0 saturated carbocycles. The first kappa shape index (κ1) is 11.4. The monoisotopic (exact) mass is 280 g/mol. The van der Waals surface area contributed by atoms with Crippen LogP contribution in [0.1, 0.15) is 10.7 Å². The molecule has 0 saturated heterocycles. The molecule has 0 N–H and O–H groups in total. The molecule has 0 radical (unpaired) electrons.